The first-order valence-electron chi connectivity index (χ1n) is 8.31. The minimum atomic E-state index is -3.65. The maximum absolute atomic E-state index is 12.6. The van der Waals surface area contributed by atoms with Crippen molar-refractivity contribution in [1.29, 1.82) is 0 Å². The van der Waals surface area contributed by atoms with Crippen LogP contribution in [0.2, 0.25) is 0 Å². The maximum Gasteiger partial charge on any atom is 0.261 e. The number of carbonyl (C=O) groups excluding carboxylic acids is 1. The van der Waals surface area contributed by atoms with Crippen LogP contribution in [0.5, 0.6) is 0 Å². The van der Waals surface area contributed by atoms with E-state index in [2.05, 4.69) is 20.7 Å². The molecular weight excluding hydrogens is 416 g/mol. The molecule has 0 spiro atoms. The average Bonchev–Trinajstić information content (AvgIpc) is 2.96. The van der Waals surface area contributed by atoms with E-state index in [1.807, 2.05) is 32.9 Å². The van der Waals surface area contributed by atoms with Crippen molar-refractivity contribution < 1.29 is 13.2 Å². The van der Waals surface area contributed by atoms with E-state index < -0.39 is 15.4 Å². The molecule has 1 amide bonds. The molecule has 1 N–H and O–H groups in total. The molecule has 0 unspecified atom stereocenters. The number of amides is 1. The lowest BCUT2D eigenvalue weighted by Crippen LogP contribution is -2.38. The second-order valence-corrected chi connectivity index (χ2v) is 9.96. The molecule has 3 rings (SSSR count). The lowest BCUT2D eigenvalue weighted by Gasteiger charge is -2.26. The summed E-state index contributed by atoms with van der Waals surface area (Å²) in [7, 11) is -3.65. The Hall–Kier alpha value is -1.86. The molecule has 2 aromatic rings. The highest BCUT2D eigenvalue weighted by Gasteiger charge is 2.32. The van der Waals surface area contributed by atoms with Gasteiger partial charge >= 0.3 is 0 Å². The molecular formula is C19H21BrN2O3S. The third-order valence-corrected chi connectivity index (χ3v) is 6.16. The summed E-state index contributed by atoms with van der Waals surface area (Å²) in [4.78, 5) is 14.5. The van der Waals surface area contributed by atoms with Crippen molar-refractivity contribution >= 4 is 43.2 Å². The zero-order valence-corrected chi connectivity index (χ0v) is 17.3. The van der Waals surface area contributed by atoms with Crippen molar-refractivity contribution in [2.24, 2.45) is 5.41 Å². The first kappa shape index (κ1) is 18.9. The predicted molar refractivity (Wildman–Crippen MR) is 107 cm³/mol. The molecule has 0 saturated carbocycles. The van der Waals surface area contributed by atoms with Crippen molar-refractivity contribution in [3.05, 3.63) is 52.5 Å². The molecule has 1 aliphatic heterocycles. The molecule has 1 heterocycles. The van der Waals surface area contributed by atoms with E-state index in [4.69, 9.17) is 0 Å². The first-order chi connectivity index (χ1) is 12.1. The number of sulfonamides is 1. The summed E-state index contributed by atoms with van der Waals surface area (Å²) in [6.07, 6.45) is 0.713. The van der Waals surface area contributed by atoms with Gasteiger partial charge in [0.25, 0.3) is 10.0 Å². The fraction of sp³-hybridized carbons (Fsp3) is 0.316. The highest BCUT2D eigenvalue weighted by atomic mass is 79.9. The molecule has 7 heteroatoms. The Bertz CT molecular complexity index is 948. The average molecular weight is 437 g/mol. The lowest BCUT2D eigenvalue weighted by molar-refractivity contribution is -0.125. The van der Waals surface area contributed by atoms with Crippen LogP contribution in [0.4, 0.5) is 11.4 Å². The Morgan fingerprint density at radius 1 is 1.12 bits per heavy atom. The second kappa shape index (κ2) is 6.70. The molecule has 0 aromatic heterocycles. The van der Waals surface area contributed by atoms with E-state index in [0.29, 0.717) is 18.7 Å². The standard InChI is InChI=1S/C19H21BrN2O3S/c1-19(2,3)18(23)22-11-10-13-12-15(6-9-17(13)22)21-26(24,25)16-7-4-14(20)5-8-16/h4-9,12,21H,10-11H2,1-3H3. The Morgan fingerprint density at radius 3 is 2.38 bits per heavy atom. The van der Waals surface area contributed by atoms with E-state index in [9.17, 15) is 13.2 Å². The van der Waals surface area contributed by atoms with E-state index in [-0.39, 0.29) is 10.8 Å². The minimum absolute atomic E-state index is 0.0689. The van der Waals surface area contributed by atoms with Crippen molar-refractivity contribution in [1.82, 2.24) is 0 Å². The number of benzene rings is 2. The largest absolute Gasteiger partial charge is 0.311 e. The Morgan fingerprint density at radius 2 is 1.77 bits per heavy atom. The van der Waals surface area contributed by atoms with Gasteiger partial charge in [-0.25, -0.2) is 8.42 Å². The van der Waals surface area contributed by atoms with Gasteiger partial charge < -0.3 is 4.90 Å². The van der Waals surface area contributed by atoms with Crippen LogP contribution in [0.15, 0.2) is 51.8 Å². The molecule has 0 fully saturated rings. The van der Waals surface area contributed by atoms with Crippen LogP contribution in [0.3, 0.4) is 0 Å². The number of anilines is 2. The SMILES string of the molecule is CC(C)(C)C(=O)N1CCc2cc(NS(=O)(=O)c3ccc(Br)cc3)ccc21. The number of hydrogen-bond acceptors (Lipinski definition) is 3. The molecule has 0 aliphatic carbocycles. The van der Waals surface area contributed by atoms with E-state index in [1.165, 1.54) is 0 Å². The van der Waals surface area contributed by atoms with Crippen molar-refractivity contribution in [3.63, 3.8) is 0 Å². The number of nitrogens with zero attached hydrogens (tertiary/aromatic N) is 1. The van der Waals surface area contributed by atoms with Gasteiger partial charge in [-0.3, -0.25) is 9.52 Å². The summed E-state index contributed by atoms with van der Waals surface area (Å²) in [5.74, 6) is 0.0689. The number of carbonyl (C=O) groups is 1. The monoisotopic (exact) mass is 436 g/mol. The summed E-state index contributed by atoms with van der Waals surface area (Å²) in [6, 6.07) is 11.8. The minimum Gasteiger partial charge on any atom is -0.311 e. The molecule has 0 atom stereocenters. The molecule has 5 nitrogen and oxygen atoms in total. The Labute approximate surface area is 162 Å². The van der Waals surface area contributed by atoms with Gasteiger partial charge in [0.15, 0.2) is 0 Å². The molecule has 0 bridgehead atoms. The van der Waals surface area contributed by atoms with E-state index in [1.54, 1.807) is 35.2 Å². The van der Waals surface area contributed by atoms with Gasteiger partial charge in [0.05, 0.1) is 4.90 Å². The Balaban J connectivity index is 1.84. The normalized spacial score (nSPS) is 14.2. The number of halogens is 1. The van der Waals surface area contributed by atoms with E-state index >= 15 is 0 Å². The molecule has 1 aliphatic rings. The number of nitrogens with one attached hydrogen (secondary N) is 1. The number of fused-ring (bicyclic) bond motifs is 1. The van der Waals surface area contributed by atoms with Crippen molar-refractivity contribution in [2.45, 2.75) is 32.1 Å². The smallest absolute Gasteiger partial charge is 0.261 e. The molecule has 0 saturated heterocycles. The van der Waals surface area contributed by atoms with Gasteiger partial charge in [0.2, 0.25) is 5.91 Å². The lowest BCUT2D eigenvalue weighted by atomic mass is 9.94. The quantitative estimate of drug-likeness (QED) is 0.784. The zero-order valence-electron chi connectivity index (χ0n) is 14.9. The highest BCUT2D eigenvalue weighted by Crippen LogP contribution is 2.34. The van der Waals surface area contributed by atoms with Gasteiger partial charge in [-0.15, -0.1) is 0 Å². The van der Waals surface area contributed by atoms with Crippen LogP contribution in [0, 0.1) is 5.41 Å². The van der Waals surface area contributed by atoms with Gasteiger partial charge in [-0.2, -0.15) is 0 Å². The third-order valence-electron chi connectivity index (χ3n) is 4.24. The number of rotatable bonds is 3. The van der Waals surface area contributed by atoms with Crippen LogP contribution in [-0.2, 0) is 21.2 Å². The van der Waals surface area contributed by atoms with Crippen LogP contribution < -0.4 is 9.62 Å². The van der Waals surface area contributed by atoms with Crippen LogP contribution in [0.1, 0.15) is 26.3 Å². The van der Waals surface area contributed by atoms with E-state index in [0.717, 1.165) is 15.7 Å². The summed E-state index contributed by atoms with van der Waals surface area (Å²) in [5.41, 5.74) is 1.87. The summed E-state index contributed by atoms with van der Waals surface area (Å²) in [6.45, 7) is 6.31. The molecule has 138 valence electrons. The summed E-state index contributed by atoms with van der Waals surface area (Å²) < 4.78 is 28.5. The van der Waals surface area contributed by atoms with Crippen molar-refractivity contribution in [2.75, 3.05) is 16.2 Å². The van der Waals surface area contributed by atoms with Gasteiger partial charge in [-0.1, -0.05) is 36.7 Å². The van der Waals surface area contributed by atoms with Crippen LogP contribution >= 0.6 is 15.9 Å². The summed E-state index contributed by atoms with van der Waals surface area (Å²) in [5, 5.41) is 0. The summed E-state index contributed by atoms with van der Waals surface area (Å²) >= 11 is 3.30. The fourth-order valence-corrected chi connectivity index (χ4v) is 4.22. The van der Waals surface area contributed by atoms with Gasteiger partial charge in [-0.05, 0) is 54.4 Å². The van der Waals surface area contributed by atoms with Crippen LogP contribution in [-0.4, -0.2) is 20.9 Å². The highest BCUT2D eigenvalue weighted by molar-refractivity contribution is 9.10. The predicted octanol–water partition coefficient (Wildman–Crippen LogP) is 4.19. The molecule has 2 aromatic carbocycles. The molecule has 0 radical (unpaired) electrons. The second-order valence-electron chi connectivity index (χ2n) is 7.36. The van der Waals surface area contributed by atoms with Gasteiger partial charge in [0.1, 0.15) is 0 Å². The van der Waals surface area contributed by atoms with Gasteiger partial charge in [0, 0.05) is 27.8 Å². The Kier molecular flexibility index (Phi) is 4.88. The maximum atomic E-state index is 12.6. The third kappa shape index (κ3) is 3.78. The number of hydrogen-bond donors (Lipinski definition) is 1. The topological polar surface area (TPSA) is 66.5 Å². The first-order valence-corrected chi connectivity index (χ1v) is 10.6. The van der Waals surface area contributed by atoms with Crippen LogP contribution in [0.25, 0.3) is 0 Å². The fourth-order valence-electron chi connectivity index (χ4n) is 2.91. The van der Waals surface area contributed by atoms with Crippen molar-refractivity contribution in [3.8, 4) is 0 Å². The zero-order chi connectivity index (χ0) is 19.1. The molecule has 26 heavy (non-hydrogen) atoms.